The van der Waals surface area contributed by atoms with Gasteiger partial charge in [0.05, 0.1) is 0 Å². The van der Waals surface area contributed by atoms with Crippen LogP contribution in [0.4, 0.5) is 4.79 Å². The normalized spacial score (nSPS) is 12.4. The number of hydrogen-bond donors (Lipinski definition) is 1. The highest BCUT2D eigenvalue weighted by Gasteiger charge is 2.26. The first-order valence-electron chi connectivity index (χ1n) is 7.70. The van der Waals surface area contributed by atoms with Gasteiger partial charge in [0.1, 0.15) is 11.6 Å². The van der Waals surface area contributed by atoms with E-state index in [0.29, 0.717) is 21.2 Å². The van der Waals surface area contributed by atoms with Gasteiger partial charge in [-0.05, 0) is 62.7 Å². The number of Topliss-reactive ketones (excluding diaryl/α,β-unsaturated/α-hetero) is 1. The fourth-order valence-electron chi connectivity index (χ4n) is 2.16. The number of ketones is 1. The van der Waals surface area contributed by atoms with Crippen molar-refractivity contribution in [3.05, 3.63) is 69.7 Å². The van der Waals surface area contributed by atoms with E-state index in [0.717, 1.165) is 0 Å². The molecule has 6 heteroatoms. The van der Waals surface area contributed by atoms with Gasteiger partial charge in [0.25, 0.3) is 0 Å². The van der Waals surface area contributed by atoms with E-state index in [1.54, 1.807) is 69.3 Å². The zero-order valence-corrected chi connectivity index (χ0v) is 15.7. The second kappa shape index (κ2) is 7.89. The summed E-state index contributed by atoms with van der Waals surface area (Å²) in [5.41, 5.74) is 0.369. The van der Waals surface area contributed by atoms with E-state index in [9.17, 15) is 9.59 Å². The van der Waals surface area contributed by atoms with Crippen molar-refractivity contribution in [1.82, 2.24) is 5.32 Å². The minimum absolute atomic E-state index is 0.273. The third-order valence-electron chi connectivity index (χ3n) is 3.26. The number of benzene rings is 2. The van der Waals surface area contributed by atoms with Crippen molar-refractivity contribution in [2.24, 2.45) is 0 Å². The van der Waals surface area contributed by atoms with Crippen LogP contribution in [-0.2, 0) is 4.74 Å². The second-order valence-corrected chi connectivity index (χ2v) is 7.37. The predicted octanol–water partition coefficient (Wildman–Crippen LogP) is 5.44. The summed E-state index contributed by atoms with van der Waals surface area (Å²) in [6.07, 6.45) is -0.672. The quantitative estimate of drug-likeness (QED) is 0.719. The van der Waals surface area contributed by atoms with Crippen LogP contribution in [0.2, 0.25) is 10.0 Å². The number of halogens is 2. The number of carbonyl (C=O) groups is 2. The summed E-state index contributed by atoms with van der Waals surface area (Å²) in [5, 5.41) is 3.70. The van der Waals surface area contributed by atoms with Crippen molar-refractivity contribution in [3.8, 4) is 0 Å². The molecule has 0 spiro atoms. The lowest BCUT2D eigenvalue weighted by molar-refractivity contribution is 0.0491. The molecule has 2 aromatic carbocycles. The van der Waals surface area contributed by atoms with Crippen LogP contribution in [-0.4, -0.2) is 17.5 Å². The highest BCUT2D eigenvalue weighted by molar-refractivity contribution is 6.31. The third-order valence-corrected chi connectivity index (χ3v) is 3.76. The summed E-state index contributed by atoms with van der Waals surface area (Å²) in [7, 11) is 0. The molecule has 1 N–H and O–H groups in total. The van der Waals surface area contributed by atoms with Gasteiger partial charge in [-0.1, -0.05) is 35.3 Å². The van der Waals surface area contributed by atoms with Crippen molar-refractivity contribution in [3.63, 3.8) is 0 Å². The summed E-state index contributed by atoms with van der Waals surface area (Å²) in [6, 6.07) is 12.3. The lowest BCUT2D eigenvalue weighted by Gasteiger charge is -2.23. The Morgan fingerprint density at radius 2 is 1.40 bits per heavy atom. The molecule has 132 valence electrons. The molecule has 1 atom stereocenters. The average Bonchev–Trinajstić information content (AvgIpc) is 2.52. The van der Waals surface area contributed by atoms with Crippen LogP contribution in [0.5, 0.6) is 0 Å². The highest BCUT2D eigenvalue weighted by atomic mass is 35.5. The molecule has 0 saturated carbocycles. The number of nitrogens with one attached hydrogen (secondary N) is 1. The predicted molar refractivity (Wildman–Crippen MR) is 99.3 cm³/mol. The lowest BCUT2D eigenvalue weighted by Crippen LogP contribution is -2.38. The van der Waals surface area contributed by atoms with Crippen LogP contribution in [0, 0.1) is 0 Å². The molecule has 0 radical (unpaired) electrons. The van der Waals surface area contributed by atoms with Gasteiger partial charge in [0.2, 0.25) is 0 Å². The molecule has 4 nitrogen and oxygen atoms in total. The molecule has 2 aromatic rings. The number of amides is 1. The Bertz CT molecular complexity index is 750. The second-order valence-electron chi connectivity index (χ2n) is 6.50. The molecule has 2 rings (SSSR count). The van der Waals surface area contributed by atoms with Crippen LogP contribution in [0.1, 0.15) is 42.7 Å². The fourth-order valence-corrected chi connectivity index (χ4v) is 2.41. The van der Waals surface area contributed by atoms with Crippen molar-refractivity contribution < 1.29 is 14.3 Å². The SMILES string of the molecule is CC(C)(C)OC(=O)N[C@@H](C(=O)c1ccc(Cl)cc1)c1ccc(Cl)cc1. The first kappa shape index (κ1) is 19.3. The number of rotatable bonds is 4. The Kier molecular flexibility index (Phi) is 6.09. The largest absolute Gasteiger partial charge is 0.444 e. The zero-order valence-electron chi connectivity index (χ0n) is 14.2. The molecule has 25 heavy (non-hydrogen) atoms. The molecule has 0 aliphatic carbocycles. The molecule has 0 aromatic heterocycles. The Hall–Kier alpha value is -2.04. The number of alkyl carbamates (subject to hydrolysis) is 1. The first-order chi connectivity index (χ1) is 11.7. The maximum absolute atomic E-state index is 12.9. The van der Waals surface area contributed by atoms with Gasteiger partial charge in [-0.3, -0.25) is 4.79 Å². The minimum atomic E-state index is -0.895. The summed E-state index contributed by atoms with van der Waals surface area (Å²) in [4.78, 5) is 25.1. The van der Waals surface area contributed by atoms with Crippen LogP contribution >= 0.6 is 23.2 Å². The summed E-state index contributed by atoms with van der Waals surface area (Å²) >= 11 is 11.8. The summed E-state index contributed by atoms with van der Waals surface area (Å²) in [5.74, 6) is -0.273. The maximum atomic E-state index is 12.9. The zero-order chi connectivity index (χ0) is 18.6. The Morgan fingerprint density at radius 1 is 0.920 bits per heavy atom. The van der Waals surface area contributed by atoms with Gasteiger partial charge in [-0.15, -0.1) is 0 Å². The van der Waals surface area contributed by atoms with Gasteiger partial charge in [-0.2, -0.15) is 0 Å². The molecule has 0 heterocycles. The van der Waals surface area contributed by atoms with Crippen LogP contribution in [0.25, 0.3) is 0 Å². The van der Waals surface area contributed by atoms with E-state index in [1.165, 1.54) is 0 Å². The van der Waals surface area contributed by atoms with Gasteiger partial charge in [0.15, 0.2) is 5.78 Å². The fraction of sp³-hybridized carbons (Fsp3) is 0.263. The minimum Gasteiger partial charge on any atom is -0.444 e. The smallest absolute Gasteiger partial charge is 0.408 e. The highest BCUT2D eigenvalue weighted by Crippen LogP contribution is 2.22. The van der Waals surface area contributed by atoms with E-state index < -0.39 is 17.7 Å². The summed E-state index contributed by atoms with van der Waals surface area (Å²) < 4.78 is 5.27. The third kappa shape index (κ3) is 5.76. The van der Waals surface area contributed by atoms with Crippen LogP contribution < -0.4 is 5.32 Å². The number of ether oxygens (including phenoxy) is 1. The maximum Gasteiger partial charge on any atom is 0.408 e. The molecule has 0 aliphatic rings. The molecule has 0 fully saturated rings. The molecular weight excluding hydrogens is 361 g/mol. The van der Waals surface area contributed by atoms with E-state index in [-0.39, 0.29) is 5.78 Å². The van der Waals surface area contributed by atoms with Crippen LogP contribution in [0.15, 0.2) is 48.5 Å². The van der Waals surface area contributed by atoms with E-state index in [2.05, 4.69) is 5.32 Å². The van der Waals surface area contributed by atoms with Gasteiger partial charge < -0.3 is 10.1 Å². The van der Waals surface area contributed by atoms with Crippen molar-refractivity contribution in [2.75, 3.05) is 0 Å². The molecular formula is C19H19Cl2NO3. The van der Waals surface area contributed by atoms with E-state index >= 15 is 0 Å². The number of carbonyl (C=O) groups excluding carboxylic acids is 2. The van der Waals surface area contributed by atoms with Crippen molar-refractivity contribution >= 4 is 35.1 Å². The van der Waals surface area contributed by atoms with Gasteiger partial charge >= 0.3 is 6.09 Å². The standard InChI is InChI=1S/C19H19Cl2NO3/c1-19(2,3)25-18(24)22-16(12-4-8-14(20)9-5-12)17(23)13-6-10-15(21)11-7-13/h4-11,16H,1-3H3,(H,22,24)/t16-/m1/s1. The molecule has 1 amide bonds. The number of hydrogen-bond acceptors (Lipinski definition) is 3. The van der Waals surface area contributed by atoms with Crippen LogP contribution in [0.3, 0.4) is 0 Å². The van der Waals surface area contributed by atoms with Crippen molar-refractivity contribution in [1.29, 1.82) is 0 Å². The van der Waals surface area contributed by atoms with E-state index in [4.69, 9.17) is 27.9 Å². The average molecular weight is 380 g/mol. The lowest BCUT2D eigenvalue weighted by atomic mass is 9.97. The summed E-state index contributed by atoms with van der Waals surface area (Å²) in [6.45, 7) is 5.26. The van der Waals surface area contributed by atoms with Crippen molar-refractivity contribution in [2.45, 2.75) is 32.4 Å². The monoisotopic (exact) mass is 379 g/mol. The topological polar surface area (TPSA) is 55.4 Å². The molecule has 0 saturated heterocycles. The molecule has 0 aliphatic heterocycles. The molecule has 0 bridgehead atoms. The molecule has 0 unspecified atom stereocenters. The van der Waals surface area contributed by atoms with Gasteiger partial charge in [-0.25, -0.2) is 4.79 Å². The Balaban J connectivity index is 2.31. The Morgan fingerprint density at radius 3 is 1.88 bits per heavy atom. The van der Waals surface area contributed by atoms with Gasteiger partial charge in [0, 0.05) is 15.6 Å². The first-order valence-corrected chi connectivity index (χ1v) is 8.46. The Labute approximate surface area is 157 Å². The van der Waals surface area contributed by atoms with E-state index in [1.807, 2.05) is 0 Å².